The molecular weight excluding hydrogens is 155 g/mol. The van der Waals surface area contributed by atoms with E-state index in [0.29, 0.717) is 0 Å². The van der Waals surface area contributed by atoms with E-state index >= 15 is 0 Å². The summed E-state index contributed by atoms with van der Waals surface area (Å²) in [4.78, 5) is 0. The second-order valence-corrected chi connectivity index (χ2v) is 3.39. The van der Waals surface area contributed by atoms with Gasteiger partial charge in [0.25, 0.3) is 0 Å². The second-order valence-electron chi connectivity index (χ2n) is 3.39. The zero-order chi connectivity index (χ0) is 8.59. The van der Waals surface area contributed by atoms with Crippen LogP contribution in [0, 0.1) is 34.6 Å². The molecule has 0 N–H and O–H groups in total. The molecular formula is C12H20B. The van der Waals surface area contributed by atoms with Crippen molar-refractivity contribution in [1.82, 2.24) is 0 Å². The highest BCUT2D eigenvalue weighted by Gasteiger charge is 2.02. The van der Waals surface area contributed by atoms with Crippen LogP contribution < -0.4 is 0 Å². The summed E-state index contributed by atoms with van der Waals surface area (Å²) in [5, 5.41) is 0. The Morgan fingerprint density at radius 3 is 1.31 bits per heavy atom. The molecule has 1 rings (SSSR count). The standard InChI is InChI=1S/C11H16.CH4.B/c1-7-6-8(2)10(4)11(5)9(7)3;;/h6H,1-5H3;1H4;. The Labute approximate surface area is 84.9 Å². The van der Waals surface area contributed by atoms with Crippen molar-refractivity contribution < 1.29 is 0 Å². The van der Waals surface area contributed by atoms with Crippen molar-refractivity contribution >= 4 is 8.41 Å². The summed E-state index contributed by atoms with van der Waals surface area (Å²) in [5.74, 6) is 0. The third-order valence-corrected chi connectivity index (χ3v) is 2.74. The lowest BCUT2D eigenvalue weighted by molar-refractivity contribution is 1.18. The van der Waals surface area contributed by atoms with Gasteiger partial charge in [-0.2, -0.15) is 0 Å². The maximum absolute atomic E-state index is 2.26. The molecule has 0 nitrogen and oxygen atoms in total. The molecule has 0 aromatic heterocycles. The Morgan fingerprint density at radius 2 is 1.00 bits per heavy atom. The molecule has 13 heavy (non-hydrogen) atoms. The van der Waals surface area contributed by atoms with Gasteiger partial charge in [0.1, 0.15) is 0 Å². The molecule has 3 radical (unpaired) electrons. The quantitative estimate of drug-likeness (QED) is 0.529. The molecule has 0 spiro atoms. The lowest BCUT2D eigenvalue weighted by atomic mass is 9.96. The summed E-state index contributed by atoms with van der Waals surface area (Å²) in [5.41, 5.74) is 7.14. The molecule has 0 unspecified atom stereocenters. The summed E-state index contributed by atoms with van der Waals surface area (Å²) >= 11 is 0. The topological polar surface area (TPSA) is 0 Å². The molecule has 0 saturated heterocycles. The van der Waals surface area contributed by atoms with Crippen LogP contribution in [-0.2, 0) is 0 Å². The fourth-order valence-corrected chi connectivity index (χ4v) is 1.41. The number of aryl methyl sites for hydroxylation is 2. The van der Waals surface area contributed by atoms with E-state index in [4.69, 9.17) is 0 Å². The van der Waals surface area contributed by atoms with Crippen molar-refractivity contribution in [3.63, 3.8) is 0 Å². The second kappa shape index (κ2) is 5.11. The van der Waals surface area contributed by atoms with Gasteiger partial charge in [-0.15, -0.1) is 0 Å². The van der Waals surface area contributed by atoms with E-state index < -0.39 is 0 Å². The third-order valence-electron chi connectivity index (χ3n) is 2.74. The van der Waals surface area contributed by atoms with Crippen molar-refractivity contribution in [1.29, 1.82) is 0 Å². The maximum Gasteiger partial charge on any atom is 0 e. The molecule has 1 aromatic carbocycles. The van der Waals surface area contributed by atoms with E-state index in [9.17, 15) is 0 Å². The molecule has 1 aromatic rings. The molecule has 0 aliphatic rings. The van der Waals surface area contributed by atoms with Crippen LogP contribution in [0.5, 0.6) is 0 Å². The SMILES string of the molecule is C.Cc1cc(C)c(C)c(C)c1C.[B]. The smallest absolute Gasteiger partial charge is 0 e. The van der Waals surface area contributed by atoms with Gasteiger partial charge in [0, 0.05) is 8.41 Å². The molecule has 0 atom stereocenters. The highest BCUT2D eigenvalue weighted by Crippen LogP contribution is 2.19. The van der Waals surface area contributed by atoms with Gasteiger partial charge in [-0.05, 0) is 62.4 Å². The van der Waals surface area contributed by atoms with Gasteiger partial charge in [0.15, 0.2) is 0 Å². The van der Waals surface area contributed by atoms with E-state index in [2.05, 4.69) is 40.7 Å². The van der Waals surface area contributed by atoms with Crippen LogP contribution in [0.4, 0.5) is 0 Å². The van der Waals surface area contributed by atoms with E-state index in [-0.39, 0.29) is 15.8 Å². The Balaban J connectivity index is 0. The summed E-state index contributed by atoms with van der Waals surface area (Å²) in [7, 11) is 0. The van der Waals surface area contributed by atoms with Crippen molar-refractivity contribution in [2.75, 3.05) is 0 Å². The first kappa shape index (κ1) is 14.8. The van der Waals surface area contributed by atoms with Gasteiger partial charge in [-0.1, -0.05) is 13.5 Å². The van der Waals surface area contributed by atoms with Crippen LogP contribution in [0.3, 0.4) is 0 Å². The molecule has 0 amide bonds. The lowest BCUT2D eigenvalue weighted by Crippen LogP contribution is -1.93. The number of hydrogen-bond donors (Lipinski definition) is 0. The van der Waals surface area contributed by atoms with Gasteiger partial charge in [0.05, 0.1) is 0 Å². The van der Waals surface area contributed by atoms with Crippen LogP contribution >= 0.6 is 0 Å². The van der Waals surface area contributed by atoms with Gasteiger partial charge < -0.3 is 0 Å². The zero-order valence-electron chi connectivity index (χ0n) is 8.65. The van der Waals surface area contributed by atoms with Crippen molar-refractivity contribution in [3.05, 3.63) is 33.9 Å². The normalized spacial score (nSPS) is 8.69. The highest BCUT2D eigenvalue weighted by molar-refractivity contribution is 5.75. The highest BCUT2D eigenvalue weighted by atomic mass is 14.1. The first-order valence-corrected chi connectivity index (χ1v) is 4.08. The van der Waals surface area contributed by atoms with E-state index in [1.807, 2.05) is 0 Å². The molecule has 0 aliphatic heterocycles. The fraction of sp³-hybridized carbons (Fsp3) is 0.500. The number of rotatable bonds is 0. The van der Waals surface area contributed by atoms with Crippen LogP contribution in [0.15, 0.2) is 6.07 Å². The minimum Gasteiger partial charge on any atom is -0.0776 e. The largest absolute Gasteiger partial charge is 0.0776 e. The van der Waals surface area contributed by atoms with E-state index in [1.54, 1.807) is 0 Å². The first-order chi connectivity index (χ1) is 5.04. The zero-order valence-corrected chi connectivity index (χ0v) is 8.65. The number of hydrogen-bond acceptors (Lipinski definition) is 0. The summed E-state index contributed by atoms with van der Waals surface area (Å²) in [6.07, 6.45) is 0. The molecule has 0 fully saturated rings. The molecule has 0 saturated carbocycles. The minimum absolute atomic E-state index is 0. The average molecular weight is 175 g/mol. The monoisotopic (exact) mass is 175 g/mol. The molecule has 0 heterocycles. The molecule has 1 heteroatoms. The lowest BCUT2D eigenvalue weighted by Gasteiger charge is -2.10. The first-order valence-electron chi connectivity index (χ1n) is 4.08. The van der Waals surface area contributed by atoms with E-state index in [0.717, 1.165) is 0 Å². The Morgan fingerprint density at radius 1 is 0.692 bits per heavy atom. The predicted octanol–water partition coefficient (Wildman–Crippen LogP) is 3.48. The fourth-order valence-electron chi connectivity index (χ4n) is 1.41. The van der Waals surface area contributed by atoms with Crippen LogP contribution in [0.2, 0.25) is 0 Å². The molecule has 71 valence electrons. The van der Waals surface area contributed by atoms with Crippen molar-refractivity contribution in [2.45, 2.75) is 42.0 Å². The van der Waals surface area contributed by atoms with Gasteiger partial charge in [0.2, 0.25) is 0 Å². The Bertz CT molecular complexity index is 261. The predicted molar refractivity (Wildman–Crippen MR) is 62.6 cm³/mol. The molecule has 0 bridgehead atoms. The van der Waals surface area contributed by atoms with Crippen molar-refractivity contribution in [3.8, 4) is 0 Å². The van der Waals surface area contributed by atoms with Crippen LogP contribution in [0.25, 0.3) is 0 Å². The van der Waals surface area contributed by atoms with Gasteiger partial charge in [-0.3, -0.25) is 0 Å². The Kier molecular flexibility index (Phi) is 5.81. The molecule has 0 aliphatic carbocycles. The summed E-state index contributed by atoms with van der Waals surface area (Å²) < 4.78 is 0. The van der Waals surface area contributed by atoms with Crippen LogP contribution in [0.1, 0.15) is 35.2 Å². The van der Waals surface area contributed by atoms with Gasteiger partial charge >= 0.3 is 0 Å². The Hall–Kier alpha value is -0.715. The van der Waals surface area contributed by atoms with E-state index in [1.165, 1.54) is 27.8 Å². The van der Waals surface area contributed by atoms with Crippen molar-refractivity contribution in [2.24, 2.45) is 0 Å². The van der Waals surface area contributed by atoms with Gasteiger partial charge in [-0.25, -0.2) is 0 Å². The third kappa shape index (κ3) is 2.62. The minimum atomic E-state index is 0. The van der Waals surface area contributed by atoms with Crippen LogP contribution in [-0.4, -0.2) is 8.41 Å². The maximum atomic E-state index is 2.26. The average Bonchev–Trinajstić information content (AvgIpc) is 1.97. The number of benzene rings is 1. The summed E-state index contributed by atoms with van der Waals surface area (Å²) in [6.45, 7) is 10.9. The summed E-state index contributed by atoms with van der Waals surface area (Å²) in [6, 6.07) is 2.26.